The molecule has 0 radical (unpaired) electrons. The fourth-order valence-corrected chi connectivity index (χ4v) is 3.22. The molecule has 1 fully saturated rings. The molecular weight excluding hydrogens is 381 g/mol. The second kappa shape index (κ2) is 7.23. The lowest BCUT2D eigenvalue weighted by molar-refractivity contribution is -0.137. The van der Waals surface area contributed by atoms with Crippen LogP contribution in [0.1, 0.15) is 17.5 Å². The Balaban J connectivity index is 1.73. The number of anilines is 2. The van der Waals surface area contributed by atoms with E-state index in [2.05, 4.69) is 5.32 Å². The van der Waals surface area contributed by atoms with Crippen LogP contribution in [0.4, 0.5) is 24.5 Å². The third kappa shape index (κ3) is 4.24. The molecule has 0 saturated carbocycles. The molecule has 2 aromatic carbocycles. The maximum Gasteiger partial charge on any atom is 0.417 e. The van der Waals surface area contributed by atoms with E-state index in [0.717, 1.165) is 17.7 Å². The Morgan fingerprint density at radius 1 is 1.22 bits per heavy atom. The van der Waals surface area contributed by atoms with Gasteiger partial charge in [-0.05, 0) is 42.8 Å². The molecule has 0 unspecified atom stereocenters. The number of hydrogen-bond donors (Lipinski definition) is 1. The van der Waals surface area contributed by atoms with E-state index in [4.69, 9.17) is 11.6 Å². The summed E-state index contributed by atoms with van der Waals surface area (Å²) in [6, 6.07) is 10.5. The molecule has 0 spiro atoms. The largest absolute Gasteiger partial charge is 0.417 e. The van der Waals surface area contributed by atoms with E-state index in [-0.39, 0.29) is 24.6 Å². The molecule has 0 aromatic heterocycles. The van der Waals surface area contributed by atoms with E-state index in [1.807, 2.05) is 25.1 Å². The predicted molar refractivity (Wildman–Crippen MR) is 96.7 cm³/mol. The first-order valence-corrected chi connectivity index (χ1v) is 8.57. The molecule has 1 atom stereocenters. The Labute approximate surface area is 158 Å². The minimum Gasteiger partial charge on any atom is -0.326 e. The van der Waals surface area contributed by atoms with Gasteiger partial charge in [-0.1, -0.05) is 23.7 Å². The van der Waals surface area contributed by atoms with Crippen LogP contribution in [0.5, 0.6) is 0 Å². The first-order valence-electron chi connectivity index (χ1n) is 8.20. The number of hydrogen-bond acceptors (Lipinski definition) is 2. The first kappa shape index (κ1) is 19.2. The summed E-state index contributed by atoms with van der Waals surface area (Å²) < 4.78 is 38.8. The van der Waals surface area contributed by atoms with Gasteiger partial charge in [0.2, 0.25) is 11.8 Å². The van der Waals surface area contributed by atoms with Crippen LogP contribution in [-0.2, 0) is 15.8 Å². The average Bonchev–Trinajstić information content (AvgIpc) is 2.97. The molecule has 1 heterocycles. The third-order valence-electron chi connectivity index (χ3n) is 4.35. The molecule has 0 aliphatic carbocycles. The summed E-state index contributed by atoms with van der Waals surface area (Å²) in [5.41, 5.74) is 0.638. The number of aryl methyl sites for hydroxylation is 1. The van der Waals surface area contributed by atoms with Gasteiger partial charge >= 0.3 is 6.18 Å². The van der Waals surface area contributed by atoms with Gasteiger partial charge in [0.05, 0.1) is 16.5 Å². The van der Waals surface area contributed by atoms with E-state index < -0.39 is 28.6 Å². The molecule has 1 saturated heterocycles. The maximum atomic E-state index is 12.9. The van der Waals surface area contributed by atoms with Gasteiger partial charge in [-0.25, -0.2) is 0 Å². The van der Waals surface area contributed by atoms with Gasteiger partial charge in [0.1, 0.15) is 0 Å². The second-order valence-electron chi connectivity index (χ2n) is 6.43. The molecule has 4 nitrogen and oxygen atoms in total. The lowest BCUT2D eigenvalue weighted by Crippen LogP contribution is -2.28. The van der Waals surface area contributed by atoms with E-state index in [1.54, 1.807) is 6.07 Å². The average molecular weight is 397 g/mol. The van der Waals surface area contributed by atoms with Crippen LogP contribution in [-0.4, -0.2) is 18.4 Å². The van der Waals surface area contributed by atoms with Crippen molar-refractivity contribution in [2.75, 3.05) is 16.8 Å². The van der Waals surface area contributed by atoms with E-state index in [9.17, 15) is 22.8 Å². The number of halogens is 4. The molecule has 1 aliphatic heterocycles. The Kier molecular flexibility index (Phi) is 5.15. The van der Waals surface area contributed by atoms with Crippen LogP contribution in [0.2, 0.25) is 5.02 Å². The maximum absolute atomic E-state index is 12.9. The molecule has 0 bridgehead atoms. The molecule has 8 heteroatoms. The van der Waals surface area contributed by atoms with Gasteiger partial charge in [0, 0.05) is 24.3 Å². The Bertz CT molecular complexity index is 899. The van der Waals surface area contributed by atoms with Gasteiger partial charge in [-0.15, -0.1) is 0 Å². The summed E-state index contributed by atoms with van der Waals surface area (Å²) in [7, 11) is 0. The molecule has 27 heavy (non-hydrogen) atoms. The lowest BCUT2D eigenvalue weighted by Gasteiger charge is -2.17. The lowest BCUT2D eigenvalue weighted by atomic mass is 10.1. The van der Waals surface area contributed by atoms with Crippen LogP contribution >= 0.6 is 11.6 Å². The standard InChI is InChI=1S/C19H16ClF3N2O2/c1-11-3-2-4-14(7-11)25-10-12(8-17(25)26)18(27)24-13-5-6-16(20)15(9-13)19(21,22)23/h2-7,9,12H,8,10H2,1H3,(H,24,27)/t12-/m0/s1. The number of rotatable bonds is 3. The number of carbonyl (C=O) groups excluding carboxylic acids is 2. The van der Waals surface area contributed by atoms with Crippen molar-refractivity contribution in [3.8, 4) is 0 Å². The van der Waals surface area contributed by atoms with E-state index >= 15 is 0 Å². The van der Waals surface area contributed by atoms with Crippen LogP contribution in [0.3, 0.4) is 0 Å². The molecule has 1 N–H and O–H groups in total. The third-order valence-corrected chi connectivity index (χ3v) is 4.68. The number of benzene rings is 2. The molecule has 2 aromatic rings. The smallest absolute Gasteiger partial charge is 0.326 e. The summed E-state index contributed by atoms with van der Waals surface area (Å²) in [5.74, 6) is -1.36. The SMILES string of the molecule is Cc1cccc(N2C[C@@H](C(=O)Nc3ccc(Cl)c(C(F)(F)F)c3)CC2=O)c1. The summed E-state index contributed by atoms with van der Waals surface area (Å²) in [6.45, 7) is 2.07. The van der Waals surface area contributed by atoms with Crippen LogP contribution in [0.25, 0.3) is 0 Å². The van der Waals surface area contributed by atoms with Gasteiger partial charge < -0.3 is 10.2 Å². The topological polar surface area (TPSA) is 49.4 Å². The summed E-state index contributed by atoms with van der Waals surface area (Å²) in [4.78, 5) is 26.2. The number of nitrogens with zero attached hydrogens (tertiary/aromatic N) is 1. The Hall–Kier alpha value is -2.54. The molecule has 1 aliphatic rings. The number of nitrogens with one attached hydrogen (secondary N) is 1. The number of alkyl halides is 3. The fourth-order valence-electron chi connectivity index (χ4n) is 2.99. The van der Waals surface area contributed by atoms with Crippen molar-refractivity contribution in [3.63, 3.8) is 0 Å². The van der Waals surface area contributed by atoms with Crippen LogP contribution in [0.15, 0.2) is 42.5 Å². The highest BCUT2D eigenvalue weighted by atomic mass is 35.5. The summed E-state index contributed by atoms with van der Waals surface area (Å²) >= 11 is 5.58. The zero-order chi connectivity index (χ0) is 19.8. The van der Waals surface area contributed by atoms with E-state index in [1.165, 1.54) is 11.0 Å². The van der Waals surface area contributed by atoms with Crippen LogP contribution < -0.4 is 10.2 Å². The zero-order valence-electron chi connectivity index (χ0n) is 14.3. The van der Waals surface area contributed by atoms with Gasteiger partial charge in [0.15, 0.2) is 0 Å². The Morgan fingerprint density at radius 3 is 2.63 bits per heavy atom. The quantitative estimate of drug-likeness (QED) is 0.820. The zero-order valence-corrected chi connectivity index (χ0v) is 15.1. The van der Waals surface area contributed by atoms with Crippen molar-refractivity contribution in [2.24, 2.45) is 5.92 Å². The summed E-state index contributed by atoms with van der Waals surface area (Å²) in [5, 5.41) is 2.01. The second-order valence-corrected chi connectivity index (χ2v) is 6.83. The van der Waals surface area contributed by atoms with Gasteiger partial charge in [0.25, 0.3) is 0 Å². The molecular formula is C19H16ClF3N2O2. The minimum atomic E-state index is -4.62. The fraction of sp³-hybridized carbons (Fsp3) is 0.263. The number of carbonyl (C=O) groups is 2. The highest BCUT2D eigenvalue weighted by Crippen LogP contribution is 2.36. The van der Waals surface area contributed by atoms with Crippen molar-refractivity contribution < 1.29 is 22.8 Å². The van der Waals surface area contributed by atoms with Crippen molar-refractivity contribution in [3.05, 3.63) is 58.6 Å². The Morgan fingerprint density at radius 2 is 1.96 bits per heavy atom. The predicted octanol–water partition coefficient (Wildman–Crippen LogP) is 4.66. The van der Waals surface area contributed by atoms with E-state index in [0.29, 0.717) is 5.69 Å². The molecule has 3 rings (SSSR count). The van der Waals surface area contributed by atoms with Crippen molar-refractivity contribution >= 4 is 34.8 Å². The van der Waals surface area contributed by atoms with Gasteiger partial charge in [-0.2, -0.15) is 13.2 Å². The highest BCUT2D eigenvalue weighted by molar-refractivity contribution is 6.31. The van der Waals surface area contributed by atoms with Gasteiger partial charge in [-0.3, -0.25) is 9.59 Å². The minimum absolute atomic E-state index is 0.000503. The number of amides is 2. The highest BCUT2D eigenvalue weighted by Gasteiger charge is 2.36. The molecule has 142 valence electrons. The summed E-state index contributed by atoms with van der Waals surface area (Å²) in [6.07, 6.45) is -4.62. The first-order chi connectivity index (χ1) is 12.6. The van der Waals surface area contributed by atoms with Crippen molar-refractivity contribution in [1.82, 2.24) is 0 Å². The van der Waals surface area contributed by atoms with Crippen molar-refractivity contribution in [1.29, 1.82) is 0 Å². The van der Waals surface area contributed by atoms with Crippen molar-refractivity contribution in [2.45, 2.75) is 19.5 Å². The monoisotopic (exact) mass is 396 g/mol. The normalized spacial score (nSPS) is 17.3. The molecule has 2 amide bonds. The van der Waals surface area contributed by atoms with Crippen LogP contribution in [0, 0.1) is 12.8 Å².